The summed E-state index contributed by atoms with van der Waals surface area (Å²) in [6.45, 7) is 8.37. The number of hydrogen-bond acceptors (Lipinski definition) is 6. The highest BCUT2D eigenvalue weighted by atomic mass is 16.6. The van der Waals surface area contributed by atoms with Gasteiger partial charge in [-0.1, -0.05) is 25.9 Å². The van der Waals surface area contributed by atoms with E-state index in [-0.39, 0.29) is 24.1 Å². The van der Waals surface area contributed by atoms with Gasteiger partial charge >= 0.3 is 6.03 Å². The van der Waals surface area contributed by atoms with Crippen molar-refractivity contribution in [1.29, 1.82) is 0 Å². The van der Waals surface area contributed by atoms with E-state index in [9.17, 15) is 4.79 Å². The van der Waals surface area contributed by atoms with Crippen LogP contribution < -0.4 is 5.32 Å². The maximum absolute atomic E-state index is 12.0. The van der Waals surface area contributed by atoms with Crippen LogP contribution in [0.15, 0.2) is 4.52 Å². The predicted molar refractivity (Wildman–Crippen MR) is 78.4 cm³/mol. The molecule has 0 saturated carbocycles. The van der Waals surface area contributed by atoms with Gasteiger partial charge < -0.3 is 24.2 Å². The first-order chi connectivity index (χ1) is 10.4. The first-order valence-corrected chi connectivity index (χ1v) is 7.37. The Labute approximate surface area is 130 Å². The largest absolute Gasteiger partial charge is 0.376 e. The van der Waals surface area contributed by atoms with Crippen LogP contribution in [0.4, 0.5) is 4.79 Å². The SMILES string of the molecule is CN(C[C@H]1COCCO1)C(=O)NCc1nc(C(C)(C)C)no1. The van der Waals surface area contributed by atoms with Crippen LogP contribution in [0.1, 0.15) is 32.5 Å². The fraction of sp³-hybridized carbons (Fsp3) is 0.786. The summed E-state index contributed by atoms with van der Waals surface area (Å²) in [4.78, 5) is 17.9. The summed E-state index contributed by atoms with van der Waals surface area (Å²) in [5.41, 5.74) is -0.180. The fourth-order valence-corrected chi connectivity index (χ4v) is 1.95. The van der Waals surface area contributed by atoms with Gasteiger partial charge in [-0.15, -0.1) is 0 Å². The number of hydrogen-bond donors (Lipinski definition) is 1. The summed E-state index contributed by atoms with van der Waals surface area (Å²) in [7, 11) is 1.71. The number of carbonyl (C=O) groups excluding carboxylic acids is 1. The van der Waals surface area contributed by atoms with Gasteiger partial charge in [0.1, 0.15) is 0 Å². The monoisotopic (exact) mass is 312 g/mol. The maximum Gasteiger partial charge on any atom is 0.317 e. The van der Waals surface area contributed by atoms with E-state index in [4.69, 9.17) is 14.0 Å². The molecule has 22 heavy (non-hydrogen) atoms. The average molecular weight is 312 g/mol. The molecule has 0 unspecified atom stereocenters. The number of ether oxygens (including phenoxy) is 2. The van der Waals surface area contributed by atoms with Gasteiger partial charge in [0.2, 0.25) is 5.89 Å². The van der Waals surface area contributed by atoms with E-state index in [0.29, 0.717) is 38.1 Å². The molecule has 0 radical (unpaired) electrons. The van der Waals surface area contributed by atoms with Gasteiger partial charge in [-0.25, -0.2) is 4.79 Å². The topological polar surface area (TPSA) is 89.7 Å². The first-order valence-electron chi connectivity index (χ1n) is 7.37. The number of rotatable bonds is 4. The summed E-state index contributed by atoms with van der Waals surface area (Å²) < 4.78 is 16.0. The minimum absolute atomic E-state index is 0.0830. The van der Waals surface area contributed by atoms with Crippen molar-refractivity contribution in [1.82, 2.24) is 20.4 Å². The fourth-order valence-electron chi connectivity index (χ4n) is 1.95. The van der Waals surface area contributed by atoms with Crippen LogP contribution in [0.25, 0.3) is 0 Å². The maximum atomic E-state index is 12.0. The summed E-state index contributed by atoms with van der Waals surface area (Å²) in [5.74, 6) is 1.02. The second kappa shape index (κ2) is 7.06. The van der Waals surface area contributed by atoms with Crippen LogP contribution >= 0.6 is 0 Å². The van der Waals surface area contributed by atoms with Crippen LogP contribution in [-0.4, -0.2) is 60.6 Å². The van der Waals surface area contributed by atoms with Crippen molar-refractivity contribution in [3.63, 3.8) is 0 Å². The summed E-state index contributed by atoms with van der Waals surface area (Å²) in [6, 6.07) is -0.218. The molecule has 1 atom stereocenters. The molecule has 0 aliphatic carbocycles. The standard InChI is InChI=1S/C14H24N4O4/c1-14(2,3)12-16-11(22-17-12)7-15-13(19)18(4)8-10-9-20-5-6-21-10/h10H,5-9H2,1-4H3,(H,15,19)/t10-/m0/s1. The minimum Gasteiger partial charge on any atom is -0.376 e. The van der Waals surface area contributed by atoms with Crippen LogP contribution in [-0.2, 0) is 21.4 Å². The normalized spacial score (nSPS) is 19.0. The van der Waals surface area contributed by atoms with Gasteiger partial charge in [-0.05, 0) is 0 Å². The van der Waals surface area contributed by atoms with Gasteiger partial charge in [-0.2, -0.15) is 4.98 Å². The Kier molecular flexibility index (Phi) is 5.36. The smallest absolute Gasteiger partial charge is 0.317 e. The molecule has 1 aliphatic rings. The molecule has 1 aromatic heterocycles. The highest BCUT2D eigenvalue weighted by Gasteiger charge is 2.22. The van der Waals surface area contributed by atoms with Gasteiger partial charge in [-0.3, -0.25) is 0 Å². The number of carbonyl (C=O) groups is 1. The second-order valence-electron chi connectivity index (χ2n) is 6.37. The van der Waals surface area contributed by atoms with Crippen molar-refractivity contribution in [2.24, 2.45) is 0 Å². The highest BCUT2D eigenvalue weighted by molar-refractivity contribution is 5.73. The molecule has 124 valence electrons. The molecular weight excluding hydrogens is 288 g/mol. The van der Waals surface area contributed by atoms with Gasteiger partial charge in [0.05, 0.1) is 39.0 Å². The third-order valence-electron chi connectivity index (χ3n) is 3.24. The van der Waals surface area contributed by atoms with E-state index in [1.165, 1.54) is 0 Å². The number of nitrogens with zero attached hydrogens (tertiary/aromatic N) is 3. The Balaban J connectivity index is 1.78. The molecule has 1 N–H and O–H groups in total. The molecule has 8 nitrogen and oxygen atoms in total. The Morgan fingerprint density at radius 1 is 1.41 bits per heavy atom. The van der Waals surface area contributed by atoms with Crippen LogP contribution in [0, 0.1) is 0 Å². The van der Waals surface area contributed by atoms with Gasteiger partial charge in [0.25, 0.3) is 0 Å². The second-order valence-corrected chi connectivity index (χ2v) is 6.37. The zero-order valence-corrected chi connectivity index (χ0v) is 13.6. The minimum atomic E-state index is -0.218. The first kappa shape index (κ1) is 16.7. The molecule has 2 amide bonds. The molecule has 1 aromatic rings. The number of urea groups is 1. The van der Waals surface area contributed by atoms with Gasteiger partial charge in [0, 0.05) is 12.5 Å². The molecule has 0 bridgehead atoms. The lowest BCUT2D eigenvalue weighted by atomic mass is 9.96. The Morgan fingerprint density at radius 3 is 2.77 bits per heavy atom. The Hall–Kier alpha value is -1.67. The van der Waals surface area contributed by atoms with Crippen LogP contribution in [0.5, 0.6) is 0 Å². The highest BCUT2D eigenvalue weighted by Crippen LogP contribution is 2.18. The molecule has 2 heterocycles. The summed E-state index contributed by atoms with van der Waals surface area (Å²) >= 11 is 0. The molecule has 1 fully saturated rings. The van der Waals surface area contributed by atoms with Crippen LogP contribution in [0.3, 0.4) is 0 Å². The quantitative estimate of drug-likeness (QED) is 0.889. The van der Waals surface area contributed by atoms with Crippen LogP contribution in [0.2, 0.25) is 0 Å². The Bertz CT molecular complexity index is 491. The van der Waals surface area contributed by atoms with E-state index in [2.05, 4.69) is 15.5 Å². The number of amides is 2. The predicted octanol–water partition coefficient (Wildman–Crippen LogP) is 0.924. The summed E-state index contributed by atoms with van der Waals surface area (Å²) in [5, 5.41) is 6.66. The zero-order valence-electron chi connectivity index (χ0n) is 13.6. The third-order valence-corrected chi connectivity index (χ3v) is 3.24. The van der Waals surface area contributed by atoms with E-state index < -0.39 is 0 Å². The molecule has 1 saturated heterocycles. The molecule has 8 heteroatoms. The number of nitrogens with one attached hydrogen (secondary N) is 1. The van der Waals surface area contributed by atoms with Crippen molar-refractivity contribution in [3.8, 4) is 0 Å². The number of aromatic nitrogens is 2. The lowest BCUT2D eigenvalue weighted by Gasteiger charge is -2.27. The Morgan fingerprint density at radius 2 is 2.18 bits per heavy atom. The zero-order chi connectivity index (χ0) is 16.2. The van der Waals surface area contributed by atoms with Crippen molar-refractivity contribution in [3.05, 3.63) is 11.7 Å². The lowest BCUT2D eigenvalue weighted by molar-refractivity contribution is -0.0928. The molecular formula is C14H24N4O4. The van der Waals surface area contributed by atoms with Crippen molar-refractivity contribution >= 4 is 6.03 Å². The lowest BCUT2D eigenvalue weighted by Crippen LogP contribution is -2.44. The molecule has 0 aromatic carbocycles. The van der Waals surface area contributed by atoms with Crippen molar-refractivity contribution < 1.29 is 18.8 Å². The van der Waals surface area contributed by atoms with E-state index in [1.54, 1.807) is 11.9 Å². The average Bonchev–Trinajstić information content (AvgIpc) is 2.94. The van der Waals surface area contributed by atoms with E-state index in [0.717, 1.165) is 0 Å². The van der Waals surface area contributed by atoms with E-state index in [1.807, 2.05) is 20.8 Å². The van der Waals surface area contributed by atoms with Crippen molar-refractivity contribution in [2.75, 3.05) is 33.4 Å². The van der Waals surface area contributed by atoms with E-state index >= 15 is 0 Å². The van der Waals surface area contributed by atoms with Gasteiger partial charge in [0.15, 0.2) is 5.82 Å². The number of likely N-dealkylation sites (N-methyl/N-ethyl adjacent to an activating group) is 1. The molecule has 2 rings (SSSR count). The molecule has 1 aliphatic heterocycles. The molecule has 0 spiro atoms. The summed E-state index contributed by atoms with van der Waals surface area (Å²) in [6.07, 6.45) is -0.0830. The van der Waals surface area contributed by atoms with Crippen molar-refractivity contribution in [2.45, 2.75) is 38.8 Å². The third kappa shape index (κ3) is 4.67.